The van der Waals surface area contributed by atoms with Crippen LogP contribution in [0.2, 0.25) is 0 Å². The summed E-state index contributed by atoms with van der Waals surface area (Å²) in [6, 6.07) is 0.0583. The molecule has 1 aromatic heterocycles. The first-order valence-corrected chi connectivity index (χ1v) is 7.51. The van der Waals surface area contributed by atoms with E-state index < -0.39 is 0 Å². The van der Waals surface area contributed by atoms with Gasteiger partial charge < -0.3 is 10.5 Å². The Bertz CT molecular complexity index is 399. The summed E-state index contributed by atoms with van der Waals surface area (Å²) in [7, 11) is 0. The number of aryl methyl sites for hydroxylation is 2. The van der Waals surface area contributed by atoms with Crippen LogP contribution in [0.15, 0.2) is 4.47 Å². The Balaban J connectivity index is 2.08. The molecule has 0 bridgehead atoms. The number of hydrogen-bond donors (Lipinski definition) is 1. The fourth-order valence-electron chi connectivity index (χ4n) is 2.52. The van der Waals surface area contributed by atoms with E-state index in [9.17, 15) is 0 Å². The number of hydrogen-bond acceptors (Lipinski definition) is 3. The fourth-order valence-corrected chi connectivity index (χ4v) is 2.97. The second kappa shape index (κ2) is 6.17. The highest BCUT2D eigenvalue weighted by Crippen LogP contribution is 2.24. The van der Waals surface area contributed by atoms with E-state index in [1.807, 2.05) is 11.6 Å². The summed E-state index contributed by atoms with van der Waals surface area (Å²) >= 11 is 3.61. The van der Waals surface area contributed by atoms with Gasteiger partial charge in [-0.2, -0.15) is 5.10 Å². The van der Waals surface area contributed by atoms with Crippen molar-refractivity contribution in [3.63, 3.8) is 0 Å². The molecule has 102 valence electrons. The van der Waals surface area contributed by atoms with Gasteiger partial charge >= 0.3 is 0 Å². The summed E-state index contributed by atoms with van der Waals surface area (Å²) in [6.07, 6.45) is 4.49. The van der Waals surface area contributed by atoms with Crippen molar-refractivity contribution in [3.05, 3.63) is 15.9 Å². The second-order valence-corrected chi connectivity index (χ2v) is 5.73. The van der Waals surface area contributed by atoms with E-state index in [2.05, 4.69) is 28.0 Å². The van der Waals surface area contributed by atoms with Crippen molar-refractivity contribution in [1.29, 1.82) is 0 Å². The van der Waals surface area contributed by atoms with Gasteiger partial charge in [0.05, 0.1) is 22.0 Å². The zero-order chi connectivity index (χ0) is 13.1. The molecule has 0 amide bonds. The molecular weight excluding hydrogens is 294 g/mol. The van der Waals surface area contributed by atoms with Crippen molar-refractivity contribution in [2.75, 3.05) is 6.61 Å². The third kappa shape index (κ3) is 2.95. The minimum absolute atomic E-state index is 0.0583. The van der Waals surface area contributed by atoms with Gasteiger partial charge in [0.2, 0.25) is 0 Å². The van der Waals surface area contributed by atoms with Crippen LogP contribution in [0.5, 0.6) is 0 Å². The van der Waals surface area contributed by atoms with Crippen LogP contribution in [0.3, 0.4) is 0 Å². The molecule has 0 radical (unpaired) electrons. The zero-order valence-electron chi connectivity index (χ0n) is 11.2. The Labute approximate surface area is 117 Å². The highest BCUT2D eigenvalue weighted by atomic mass is 79.9. The van der Waals surface area contributed by atoms with Crippen LogP contribution in [0, 0.1) is 6.92 Å². The fraction of sp³-hybridized carbons (Fsp3) is 0.769. The van der Waals surface area contributed by atoms with Gasteiger partial charge in [-0.05, 0) is 49.0 Å². The van der Waals surface area contributed by atoms with E-state index in [0.29, 0.717) is 0 Å². The maximum atomic E-state index is 6.30. The number of rotatable bonds is 4. The SMILES string of the molecule is CCn1nc(C)c(Br)c1CC(N)C1CCCCO1. The maximum absolute atomic E-state index is 6.30. The molecule has 2 unspecified atom stereocenters. The molecule has 18 heavy (non-hydrogen) atoms. The first kappa shape index (κ1) is 14.0. The molecule has 0 saturated carbocycles. The standard InChI is InChI=1S/C13H22BrN3O/c1-3-17-11(13(14)9(2)16-17)8-10(15)12-6-4-5-7-18-12/h10,12H,3-8,15H2,1-2H3. The average molecular weight is 316 g/mol. The van der Waals surface area contributed by atoms with E-state index in [0.717, 1.165) is 36.2 Å². The molecule has 2 rings (SSSR count). The molecule has 4 nitrogen and oxygen atoms in total. The predicted molar refractivity (Wildman–Crippen MR) is 75.6 cm³/mol. The first-order chi connectivity index (χ1) is 8.63. The topological polar surface area (TPSA) is 53.1 Å². The minimum atomic E-state index is 0.0583. The molecular formula is C13H22BrN3O. The van der Waals surface area contributed by atoms with Gasteiger partial charge in [0.25, 0.3) is 0 Å². The minimum Gasteiger partial charge on any atom is -0.377 e. The van der Waals surface area contributed by atoms with Crippen molar-refractivity contribution in [1.82, 2.24) is 9.78 Å². The molecule has 1 aromatic rings. The van der Waals surface area contributed by atoms with E-state index in [1.54, 1.807) is 0 Å². The monoisotopic (exact) mass is 315 g/mol. The van der Waals surface area contributed by atoms with Crippen LogP contribution in [0.1, 0.15) is 37.6 Å². The van der Waals surface area contributed by atoms with Crippen LogP contribution >= 0.6 is 15.9 Å². The Morgan fingerprint density at radius 3 is 2.94 bits per heavy atom. The van der Waals surface area contributed by atoms with Crippen LogP contribution in [-0.4, -0.2) is 28.5 Å². The lowest BCUT2D eigenvalue weighted by Crippen LogP contribution is -2.41. The largest absolute Gasteiger partial charge is 0.377 e. The van der Waals surface area contributed by atoms with Gasteiger partial charge in [0.1, 0.15) is 0 Å². The summed E-state index contributed by atoms with van der Waals surface area (Å²) < 4.78 is 8.89. The number of ether oxygens (including phenoxy) is 1. The lowest BCUT2D eigenvalue weighted by molar-refractivity contribution is 0.000273. The van der Waals surface area contributed by atoms with Crippen LogP contribution in [-0.2, 0) is 17.7 Å². The van der Waals surface area contributed by atoms with Crippen molar-refractivity contribution in [3.8, 4) is 0 Å². The van der Waals surface area contributed by atoms with Crippen molar-refractivity contribution in [2.45, 2.75) is 58.2 Å². The van der Waals surface area contributed by atoms with Gasteiger partial charge in [-0.3, -0.25) is 4.68 Å². The van der Waals surface area contributed by atoms with E-state index in [1.165, 1.54) is 18.5 Å². The number of aromatic nitrogens is 2. The Hall–Kier alpha value is -0.390. The lowest BCUT2D eigenvalue weighted by Gasteiger charge is -2.28. The predicted octanol–water partition coefficient (Wildman–Crippen LogP) is 2.41. The molecule has 2 N–H and O–H groups in total. The zero-order valence-corrected chi connectivity index (χ0v) is 12.7. The summed E-state index contributed by atoms with van der Waals surface area (Å²) in [4.78, 5) is 0. The smallest absolute Gasteiger partial charge is 0.0738 e. The van der Waals surface area contributed by atoms with E-state index in [4.69, 9.17) is 10.5 Å². The second-order valence-electron chi connectivity index (χ2n) is 4.93. The molecule has 0 spiro atoms. The summed E-state index contributed by atoms with van der Waals surface area (Å²) in [5, 5.41) is 4.50. The normalized spacial score (nSPS) is 22.1. The summed E-state index contributed by atoms with van der Waals surface area (Å²) in [5.41, 5.74) is 8.52. The van der Waals surface area contributed by atoms with E-state index >= 15 is 0 Å². The Kier molecular flexibility index (Phi) is 4.81. The molecule has 1 fully saturated rings. The van der Waals surface area contributed by atoms with Gasteiger partial charge in [-0.15, -0.1) is 0 Å². The van der Waals surface area contributed by atoms with E-state index in [-0.39, 0.29) is 12.1 Å². The molecule has 0 aliphatic carbocycles. The van der Waals surface area contributed by atoms with Crippen LogP contribution in [0.4, 0.5) is 0 Å². The van der Waals surface area contributed by atoms with Gasteiger partial charge in [-0.1, -0.05) is 0 Å². The Morgan fingerprint density at radius 2 is 2.33 bits per heavy atom. The maximum Gasteiger partial charge on any atom is 0.0738 e. The quantitative estimate of drug-likeness (QED) is 0.928. The number of nitrogens with zero attached hydrogens (tertiary/aromatic N) is 2. The third-order valence-corrected chi connectivity index (χ3v) is 4.61. The highest BCUT2D eigenvalue weighted by Gasteiger charge is 2.24. The highest BCUT2D eigenvalue weighted by molar-refractivity contribution is 9.10. The van der Waals surface area contributed by atoms with Gasteiger partial charge in [0, 0.05) is 25.6 Å². The summed E-state index contributed by atoms with van der Waals surface area (Å²) in [5.74, 6) is 0. The van der Waals surface area contributed by atoms with Crippen LogP contribution < -0.4 is 5.73 Å². The summed E-state index contributed by atoms with van der Waals surface area (Å²) in [6.45, 7) is 5.85. The molecule has 5 heteroatoms. The lowest BCUT2D eigenvalue weighted by atomic mass is 9.99. The Morgan fingerprint density at radius 1 is 1.56 bits per heavy atom. The molecule has 1 aliphatic rings. The van der Waals surface area contributed by atoms with Gasteiger partial charge in [0.15, 0.2) is 0 Å². The number of nitrogens with two attached hydrogens (primary N) is 1. The van der Waals surface area contributed by atoms with Crippen molar-refractivity contribution < 1.29 is 4.74 Å². The molecule has 2 atom stereocenters. The molecule has 2 heterocycles. The molecule has 1 saturated heterocycles. The van der Waals surface area contributed by atoms with Crippen molar-refractivity contribution in [2.24, 2.45) is 5.73 Å². The average Bonchev–Trinajstić information content (AvgIpc) is 2.67. The number of halogens is 1. The third-order valence-electron chi connectivity index (χ3n) is 3.57. The molecule has 1 aliphatic heterocycles. The van der Waals surface area contributed by atoms with Crippen LogP contribution in [0.25, 0.3) is 0 Å². The first-order valence-electron chi connectivity index (χ1n) is 6.72. The van der Waals surface area contributed by atoms with Gasteiger partial charge in [-0.25, -0.2) is 0 Å². The van der Waals surface area contributed by atoms with Crippen molar-refractivity contribution >= 4 is 15.9 Å². The molecule has 0 aromatic carbocycles.